The quantitative estimate of drug-likeness (QED) is 0.291. The van der Waals surface area contributed by atoms with Crippen molar-refractivity contribution in [3.05, 3.63) is 66.7 Å². The molecule has 3 heterocycles. The van der Waals surface area contributed by atoms with Gasteiger partial charge in [0, 0.05) is 51.7 Å². The number of aryl methyl sites for hydroxylation is 1. The Labute approximate surface area is 213 Å². The molecule has 8 nitrogen and oxygen atoms in total. The fourth-order valence-electron chi connectivity index (χ4n) is 5.51. The van der Waals surface area contributed by atoms with Gasteiger partial charge in [-0.15, -0.1) is 0 Å². The highest BCUT2D eigenvalue weighted by Gasteiger charge is 2.29. The fraction of sp³-hybridized carbons (Fsp3) is 0.464. The van der Waals surface area contributed by atoms with E-state index in [2.05, 4.69) is 78.7 Å². The molecular weight excluding hydrogens is 448 g/mol. The average molecular weight is 487 g/mol. The highest BCUT2D eigenvalue weighted by molar-refractivity contribution is 5.87. The lowest BCUT2D eigenvalue weighted by Crippen LogP contribution is -2.32. The van der Waals surface area contributed by atoms with Crippen LogP contribution in [0.25, 0.3) is 11.0 Å². The monoisotopic (exact) mass is 486 g/mol. The van der Waals surface area contributed by atoms with Gasteiger partial charge in [-0.25, -0.2) is 9.97 Å². The molecule has 4 aromatic rings. The zero-order chi connectivity index (χ0) is 24.7. The van der Waals surface area contributed by atoms with Gasteiger partial charge in [0.05, 0.1) is 5.39 Å². The molecule has 0 amide bonds. The summed E-state index contributed by atoms with van der Waals surface area (Å²) >= 11 is 0. The molecule has 0 saturated heterocycles. The first kappa shape index (κ1) is 24.3. The molecule has 8 heteroatoms. The Morgan fingerprint density at radius 2 is 1.92 bits per heavy atom. The minimum Gasteiger partial charge on any atom is -0.372 e. The number of anilines is 2. The molecular formula is C28H38N8. The van der Waals surface area contributed by atoms with Crippen molar-refractivity contribution in [3.8, 4) is 0 Å². The molecule has 190 valence electrons. The van der Waals surface area contributed by atoms with Crippen LogP contribution in [0.1, 0.15) is 37.3 Å². The second-order valence-electron chi connectivity index (χ2n) is 9.90. The van der Waals surface area contributed by atoms with Crippen LogP contribution >= 0.6 is 0 Å². The molecule has 0 radical (unpaired) electrons. The lowest BCUT2D eigenvalue weighted by Gasteiger charge is -2.26. The van der Waals surface area contributed by atoms with Crippen LogP contribution in [0.2, 0.25) is 0 Å². The third kappa shape index (κ3) is 5.70. The molecule has 1 aliphatic rings. The Morgan fingerprint density at radius 3 is 2.72 bits per heavy atom. The normalized spacial score (nSPS) is 17.6. The van der Waals surface area contributed by atoms with Gasteiger partial charge >= 0.3 is 0 Å². The molecule has 1 fully saturated rings. The Kier molecular flexibility index (Phi) is 7.81. The number of hydrogen-bond acceptors (Lipinski definition) is 6. The van der Waals surface area contributed by atoms with Gasteiger partial charge in [0.25, 0.3) is 0 Å². The summed E-state index contributed by atoms with van der Waals surface area (Å²) in [6.07, 6.45) is 11.6. The molecule has 0 bridgehead atoms. The third-order valence-corrected chi connectivity index (χ3v) is 7.37. The topological polar surface area (TPSA) is 75.8 Å². The Hall–Kier alpha value is -3.39. The molecule has 0 unspecified atom stereocenters. The highest BCUT2D eigenvalue weighted by Crippen LogP contribution is 2.38. The van der Waals surface area contributed by atoms with E-state index in [4.69, 9.17) is 5.10 Å². The van der Waals surface area contributed by atoms with Crippen LogP contribution in [-0.4, -0.2) is 57.5 Å². The van der Waals surface area contributed by atoms with Crippen LogP contribution < -0.4 is 15.5 Å². The summed E-state index contributed by atoms with van der Waals surface area (Å²) in [7, 11) is 3.91. The van der Waals surface area contributed by atoms with Gasteiger partial charge in [-0.1, -0.05) is 30.3 Å². The summed E-state index contributed by atoms with van der Waals surface area (Å²) in [4.78, 5) is 11.4. The number of rotatable bonds is 12. The van der Waals surface area contributed by atoms with Crippen molar-refractivity contribution in [2.75, 3.05) is 43.4 Å². The molecule has 0 spiro atoms. The summed E-state index contributed by atoms with van der Waals surface area (Å²) in [6, 6.07) is 15.5. The smallest absolute Gasteiger partial charge is 0.150 e. The van der Waals surface area contributed by atoms with Crippen LogP contribution in [0.3, 0.4) is 0 Å². The van der Waals surface area contributed by atoms with Gasteiger partial charge in [0.1, 0.15) is 17.8 Å². The number of hydrogen-bond donors (Lipinski definition) is 2. The van der Waals surface area contributed by atoms with Gasteiger partial charge in [-0.05, 0) is 62.7 Å². The van der Waals surface area contributed by atoms with Crippen LogP contribution in [0.5, 0.6) is 0 Å². The maximum Gasteiger partial charge on any atom is 0.150 e. The van der Waals surface area contributed by atoms with E-state index < -0.39 is 0 Å². The second-order valence-corrected chi connectivity index (χ2v) is 9.90. The van der Waals surface area contributed by atoms with Gasteiger partial charge in [0.15, 0.2) is 5.82 Å². The second kappa shape index (κ2) is 11.6. The Morgan fingerprint density at radius 1 is 1.03 bits per heavy atom. The zero-order valence-electron chi connectivity index (χ0n) is 21.5. The Bertz CT molecular complexity index is 1230. The molecule has 2 atom stereocenters. The van der Waals surface area contributed by atoms with E-state index in [1.807, 2.05) is 25.0 Å². The van der Waals surface area contributed by atoms with Gasteiger partial charge in [-0.2, -0.15) is 5.10 Å². The first-order chi connectivity index (χ1) is 17.7. The maximum absolute atomic E-state index is 4.73. The number of nitrogens with zero attached hydrogens (tertiary/aromatic N) is 6. The van der Waals surface area contributed by atoms with Crippen molar-refractivity contribution in [2.24, 2.45) is 13.0 Å². The summed E-state index contributed by atoms with van der Waals surface area (Å²) in [5.41, 5.74) is 2.42. The number of aromatic nitrogens is 5. The van der Waals surface area contributed by atoms with Crippen LogP contribution in [-0.2, 0) is 13.5 Å². The van der Waals surface area contributed by atoms with Crippen molar-refractivity contribution in [3.63, 3.8) is 0 Å². The molecule has 1 aromatic carbocycles. The molecule has 2 N–H and O–H groups in total. The summed E-state index contributed by atoms with van der Waals surface area (Å²) < 4.78 is 4.27. The van der Waals surface area contributed by atoms with Crippen molar-refractivity contribution in [2.45, 2.75) is 38.1 Å². The van der Waals surface area contributed by atoms with E-state index in [1.165, 1.54) is 24.8 Å². The van der Waals surface area contributed by atoms with E-state index >= 15 is 0 Å². The third-order valence-electron chi connectivity index (χ3n) is 7.37. The predicted molar refractivity (Wildman–Crippen MR) is 147 cm³/mol. The van der Waals surface area contributed by atoms with E-state index in [9.17, 15) is 0 Å². The highest BCUT2D eigenvalue weighted by atomic mass is 15.3. The van der Waals surface area contributed by atoms with Crippen molar-refractivity contribution < 1.29 is 0 Å². The lowest BCUT2D eigenvalue weighted by atomic mass is 10.1. The summed E-state index contributed by atoms with van der Waals surface area (Å²) in [6.45, 7) is 4.10. The van der Waals surface area contributed by atoms with Crippen LogP contribution in [0.4, 0.5) is 11.6 Å². The van der Waals surface area contributed by atoms with Crippen LogP contribution in [0, 0.1) is 5.92 Å². The van der Waals surface area contributed by atoms with E-state index in [0.717, 1.165) is 61.7 Å². The molecule has 1 saturated carbocycles. The summed E-state index contributed by atoms with van der Waals surface area (Å²) in [5.74, 6) is 2.63. The van der Waals surface area contributed by atoms with E-state index in [-0.39, 0.29) is 0 Å². The molecule has 0 aliphatic heterocycles. The molecule has 3 aromatic heterocycles. The van der Waals surface area contributed by atoms with E-state index in [1.54, 1.807) is 6.33 Å². The van der Waals surface area contributed by atoms with Gasteiger partial charge in [0.2, 0.25) is 0 Å². The maximum atomic E-state index is 4.73. The SMILES string of the molecule is CNc1ncnc2c1ccn2[C@H]1CC[C@@H](CN(CCCNCCc2ccccc2)c2ccn(C)n2)C1. The van der Waals surface area contributed by atoms with Crippen molar-refractivity contribution in [1.29, 1.82) is 0 Å². The van der Waals surface area contributed by atoms with E-state index in [0.29, 0.717) is 12.0 Å². The van der Waals surface area contributed by atoms with Crippen molar-refractivity contribution >= 4 is 22.7 Å². The van der Waals surface area contributed by atoms with Gasteiger partial charge in [-0.3, -0.25) is 4.68 Å². The molecule has 36 heavy (non-hydrogen) atoms. The lowest BCUT2D eigenvalue weighted by molar-refractivity contribution is 0.474. The standard InChI is InChI=1S/C28H38N8/c1-29-27-25-12-18-36(28(25)32-21-31-27)24-10-9-23(19-24)20-35(26-13-17-34(2)33-26)16-6-14-30-15-11-22-7-4-3-5-8-22/h3-5,7-8,12-13,17-18,21,23-24,30H,6,9-11,14-16,19-20H2,1-2H3,(H,29,31,32)/t23-,24+/m1/s1. The van der Waals surface area contributed by atoms with Crippen LogP contribution in [0.15, 0.2) is 61.2 Å². The zero-order valence-corrected chi connectivity index (χ0v) is 21.5. The van der Waals surface area contributed by atoms with Crippen molar-refractivity contribution in [1.82, 2.24) is 29.6 Å². The summed E-state index contributed by atoms with van der Waals surface area (Å²) in [5, 5.41) is 12.6. The predicted octanol–water partition coefficient (Wildman–Crippen LogP) is 4.28. The largest absolute Gasteiger partial charge is 0.372 e. The average Bonchev–Trinajstić information content (AvgIpc) is 3.65. The molecule has 1 aliphatic carbocycles. The molecule has 5 rings (SSSR count). The number of benzene rings is 1. The first-order valence-electron chi connectivity index (χ1n) is 13.2. The van der Waals surface area contributed by atoms with Gasteiger partial charge < -0.3 is 20.1 Å². The number of fused-ring (bicyclic) bond motifs is 1. The minimum absolute atomic E-state index is 0.484. The Balaban J connectivity index is 1.15. The first-order valence-corrected chi connectivity index (χ1v) is 13.2. The fourth-order valence-corrected chi connectivity index (χ4v) is 5.51. The minimum atomic E-state index is 0.484. The number of nitrogens with one attached hydrogen (secondary N) is 2.